The standard InChI is InChI=1S/C15H20ClN3OS/c1-11(18-21(20)15(2,3)4)14-9-19(10-17-14)13-7-5-12(16)6-8-13/h5-11,18H,1-4H3/t11-,21?/m1/s1. The van der Waals surface area contributed by atoms with Crippen LogP contribution in [0.3, 0.4) is 0 Å². The Balaban J connectivity index is 2.10. The fourth-order valence-electron chi connectivity index (χ4n) is 1.71. The van der Waals surface area contributed by atoms with E-state index in [0.717, 1.165) is 11.4 Å². The van der Waals surface area contributed by atoms with Gasteiger partial charge in [0.15, 0.2) is 0 Å². The van der Waals surface area contributed by atoms with E-state index >= 15 is 0 Å². The molecule has 114 valence electrons. The lowest BCUT2D eigenvalue weighted by molar-refractivity contribution is 0.529. The largest absolute Gasteiger partial charge is 0.598 e. The van der Waals surface area contributed by atoms with Crippen LogP contribution in [0, 0.1) is 0 Å². The second-order valence-electron chi connectivity index (χ2n) is 5.90. The van der Waals surface area contributed by atoms with Crippen LogP contribution in [-0.2, 0) is 11.4 Å². The Labute approximate surface area is 133 Å². The second kappa shape index (κ2) is 6.40. The molecule has 1 heterocycles. The van der Waals surface area contributed by atoms with Gasteiger partial charge in [-0.2, -0.15) is 0 Å². The number of rotatable bonds is 4. The highest BCUT2D eigenvalue weighted by Crippen LogP contribution is 2.20. The first-order valence-electron chi connectivity index (χ1n) is 6.75. The molecule has 0 radical (unpaired) electrons. The number of nitrogens with zero attached hydrogens (tertiary/aromatic N) is 2. The maximum absolute atomic E-state index is 12.1. The molecule has 0 aliphatic rings. The average molecular weight is 326 g/mol. The number of hydrogen-bond donors (Lipinski definition) is 1. The summed E-state index contributed by atoms with van der Waals surface area (Å²) in [5, 5.41) is 0.703. The molecule has 0 fully saturated rings. The monoisotopic (exact) mass is 325 g/mol. The van der Waals surface area contributed by atoms with E-state index < -0.39 is 11.4 Å². The van der Waals surface area contributed by atoms with E-state index in [-0.39, 0.29) is 10.8 Å². The molecule has 0 amide bonds. The van der Waals surface area contributed by atoms with Crippen LogP contribution in [0.4, 0.5) is 0 Å². The Hall–Kier alpha value is -1.01. The lowest BCUT2D eigenvalue weighted by atomic mass is 10.3. The molecule has 6 heteroatoms. The number of hydrogen-bond acceptors (Lipinski definition) is 3. The van der Waals surface area contributed by atoms with Gasteiger partial charge in [-0.15, -0.1) is 4.72 Å². The molecule has 1 aromatic heterocycles. The summed E-state index contributed by atoms with van der Waals surface area (Å²) in [6, 6.07) is 7.46. The first kappa shape index (κ1) is 16.4. The van der Waals surface area contributed by atoms with E-state index in [4.69, 9.17) is 11.6 Å². The minimum atomic E-state index is -1.12. The number of aromatic nitrogens is 2. The third-order valence-electron chi connectivity index (χ3n) is 3.01. The van der Waals surface area contributed by atoms with Crippen molar-refractivity contribution >= 4 is 23.0 Å². The second-order valence-corrected chi connectivity index (χ2v) is 8.34. The van der Waals surface area contributed by atoms with Crippen molar-refractivity contribution in [3.05, 3.63) is 47.5 Å². The Morgan fingerprint density at radius 3 is 2.48 bits per heavy atom. The summed E-state index contributed by atoms with van der Waals surface area (Å²) < 4.78 is 16.8. The third kappa shape index (κ3) is 4.23. The molecule has 0 bridgehead atoms. The molecule has 4 nitrogen and oxygen atoms in total. The first-order chi connectivity index (χ1) is 9.77. The Morgan fingerprint density at radius 1 is 1.29 bits per heavy atom. The van der Waals surface area contributed by atoms with Crippen LogP contribution in [0.2, 0.25) is 5.02 Å². The van der Waals surface area contributed by atoms with Crippen molar-refractivity contribution in [2.24, 2.45) is 0 Å². The van der Waals surface area contributed by atoms with Gasteiger partial charge in [-0.25, -0.2) is 4.98 Å². The zero-order valence-electron chi connectivity index (χ0n) is 12.6. The van der Waals surface area contributed by atoms with Crippen molar-refractivity contribution in [2.75, 3.05) is 0 Å². The van der Waals surface area contributed by atoms with Crippen molar-refractivity contribution in [1.82, 2.24) is 14.3 Å². The molecule has 2 rings (SSSR count). The van der Waals surface area contributed by atoms with E-state index in [1.165, 1.54) is 0 Å². The fourth-order valence-corrected chi connectivity index (χ4v) is 2.64. The molecule has 1 aromatic carbocycles. The molecule has 2 aromatic rings. The molecule has 1 unspecified atom stereocenters. The predicted octanol–water partition coefficient (Wildman–Crippen LogP) is 3.64. The SMILES string of the molecule is C[C@@H](N[S+]([O-])C(C)(C)C)c1cn(-c2ccc(Cl)cc2)cn1. The predicted molar refractivity (Wildman–Crippen MR) is 88.0 cm³/mol. The van der Waals surface area contributed by atoms with Gasteiger partial charge < -0.3 is 9.12 Å². The third-order valence-corrected chi connectivity index (χ3v) is 4.94. The van der Waals surface area contributed by atoms with Gasteiger partial charge in [0.25, 0.3) is 0 Å². The quantitative estimate of drug-likeness (QED) is 0.873. The van der Waals surface area contributed by atoms with Crippen molar-refractivity contribution in [3.8, 4) is 5.69 Å². The summed E-state index contributed by atoms with van der Waals surface area (Å²) in [6.45, 7) is 7.78. The minimum Gasteiger partial charge on any atom is -0.598 e. The van der Waals surface area contributed by atoms with Gasteiger partial charge in [0.1, 0.15) is 4.75 Å². The van der Waals surface area contributed by atoms with E-state index in [0.29, 0.717) is 5.02 Å². The summed E-state index contributed by atoms with van der Waals surface area (Å²) >= 11 is 4.76. The summed E-state index contributed by atoms with van der Waals surface area (Å²) in [5.74, 6) is 0. The summed E-state index contributed by atoms with van der Waals surface area (Å²) in [4.78, 5) is 4.38. The van der Waals surface area contributed by atoms with Crippen molar-refractivity contribution in [2.45, 2.75) is 38.5 Å². The van der Waals surface area contributed by atoms with Gasteiger partial charge in [-0.3, -0.25) is 0 Å². The maximum Gasteiger partial charge on any atom is 0.136 e. The highest BCUT2D eigenvalue weighted by molar-refractivity contribution is 7.90. The van der Waals surface area contributed by atoms with Gasteiger partial charge in [-0.1, -0.05) is 11.6 Å². The topological polar surface area (TPSA) is 52.9 Å². The minimum absolute atomic E-state index is 0.0846. The van der Waals surface area contributed by atoms with Crippen LogP contribution < -0.4 is 4.72 Å². The molecule has 0 saturated carbocycles. The lowest BCUT2D eigenvalue weighted by Crippen LogP contribution is -2.40. The molecular formula is C15H20ClN3OS. The average Bonchev–Trinajstić information content (AvgIpc) is 2.88. The Bertz CT molecular complexity index is 592. The molecule has 0 spiro atoms. The van der Waals surface area contributed by atoms with Crippen molar-refractivity contribution in [1.29, 1.82) is 0 Å². The molecule has 0 saturated heterocycles. The van der Waals surface area contributed by atoms with Gasteiger partial charge in [0.2, 0.25) is 0 Å². The Morgan fingerprint density at radius 2 is 1.90 bits per heavy atom. The molecular weight excluding hydrogens is 306 g/mol. The van der Waals surface area contributed by atoms with Gasteiger partial charge in [-0.05, 0) is 52.0 Å². The smallest absolute Gasteiger partial charge is 0.136 e. The zero-order chi connectivity index (χ0) is 15.6. The first-order valence-corrected chi connectivity index (χ1v) is 8.28. The number of imidazole rings is 1. The molecule has 0 aliphatic carbocycles. The van der Waals surface area contributed by atoms with E-state index in [1.807, 2.05) is 62.7 Å². The van der Waals surface area contributed by atoms with E-state index in [2.05, 4.69) is 9.71 Å². The van der Waals surface area contributed by atoms with Crippen LogP contribution in [0.5, 0.6) is 0 Å². The highest BCUT2D eigenvalue weighted by atomic mass is 35.5. The molecule has 1 N–H and O–H groups in total. The van der Waals surface area contributed by atoms with Crippen LogP contribution in [0.25, 0.3) is 5.69 Å². The van der Waals surface area contributed by atoms with E-state index in [9.17, 15) is 4.55 Å². The lowest BCUT2D eigenvalue weighted by Gasteiger charge is -2.25. The van der Waals surface area contributed by atoms with E-state index in [1.54, 1.807) is 6.33 Å². The Kier molecular flexibility index (Phi) is 4.99. The van der Waals surface area contributed by atoms with Gasteiger partial charge in [0, 0.05) is 28.3 Å². The van der Waals surface area contributed by atoms with Crippen LogP contribution in [-0.4, -0.2) is 18.9 Å². The summed E-state index contributed by atoms with van der Waals surface area (Å²) in [6.07, 6.45) is 3.68. The van der Waals surface area contributed by atoms with Crippen LogP contribution in [0.15, 0.2) is 36.8 Å². The van der Waals surface area contributed by atoms with Crippen LogP contribution in [0.1, 0.15) is 39.4 Å². The number of nitrogens with one attached hydrogen (secondary N) is 1. The van der Waals surface area contributed by atoms with Gasteiger partial charge >= 0.3 is 0 Å². The zero-order valence-corrected chi connectivity index (χ0v) is 14.2. The normalized spacial score (nSPS) is 15.0. The summed E-state index contributed by atoms with van der Waals surface area (Å²) in [7, 11) is 0. The van der Waals surface area contributed by atoms with Crippen molar-refractivity contribution < 1.29 is 4.55 Å². The summed E-state index contributed by atoms with van der Waals surface area (Å²) in [5.41, 5.74) is 1.84. The van der Waals surface area contributed by atoms with Gasteiger partial charge in [0.05, 0.1) is 18.1 Å². The number of halogens is 1. The number of benzene rings is 1. The molecule has 0 aliphatic heterocycles. The fraction of sp³-hybridized carbons (Fsp3) is 0.400. The maximum atomic E-state index is 12.1. The molecule has 21 heavy (non-hydrogen) atoms. The molecule has 2 atom stereocenters. The van der Waals surface area contributed by atoms with Crippen molar-refractivity contribution in [3.63, 3.8) is 0 Å². The van der Waals surface area contributed by atoms with Crippen LogP contribution >= 0.6 is 11.6 Å². The highest BCUT2D eigenvalue weighted by Gasteiger charge is 2.28.